The Morgan fingerprint density at radius 3 is 1.92 bits per heavy atom. The Bertz CT molecular complexity index is 2040. The van der Waals surface area contributed by atoms with Crippen LogP contribution in [0.1, 0.15) is 114 Å². The number of ketones is 1. The fourth-order valence-electron chi connectivity index (χ4n) is 7.75. The van der Waals surface area contributed by atoms with Crippen LogP contribution in [0.25, 0.3) is 21.9 Å². The second kappa shape index (κ2) is 16.6. The van der Waals surface area contributed by atoms with Gasteiger partial charge in [-0.2, -0.15) is 0 Å². The first-order chi connectivity index (χ1) is 25.1. The number of fused-ring (bicyclic) bond motifs is 2. The van der Waals surface area contributed by atoms with Crippen LogP contribution in [0.3, 0.4) is 0 Å². The summed E-state index contributed by atoms with van der Waals surface area (Å²) >= 11 is 0. The van der Waals surface area contributed by atoms with Crippen molar-refractivity contribution >= 4 is 45.3 Å². The number of nitrogens with one attached hydrogen (secondary N) is 2. The van der Waals surface area contributed by atoms with E-state index in [0.717, 1.165) is 68.4 Å². The Balaban J connectivity index is 0.000000206. The molecule has 0 saturated heterocycles. The Hall–Kier alpha value is -4.99. The highest BCUT2D eigenvalue weighted by Crippen LogP contribution is 2.41. The standard InChI is InChI=1S/C26H29FN2O4.C16H17FO2/c1-16-23-20(27)8-5-9-21(23)33-25(16)24(17-6-3-2-4-7-17)29-19-12-10-18(11-13-19)26(32)28-15-14-22(30)31;1-10-14-12(17)8-5-9-13(14)19-16(10)15(18)11-6-3-2-4-7-11/h5,8-13,17,24,29H,2-4,6-7,14-15H2,1H3,(H,28,32)(H,30,31);5,8-9,11H,2-4,6-7H2,1H3. The summed E-state index contributed by atoms with van der Waals surface area (Å²) in [6, 6.07) is 16.6. The molecule has 1 unspecified atom stereocenters. The molecule has 2 heterocycles. The van der Waals surface area contributed by atoms with Gasteiger partial charge in [-0.3, -0.25) is 14.4 Å². The van der Waals surface area contributed by atoms with Gasteiger partial charge in [0, 0.05) is 34.8 Å². The minimum atomic E-state index is -0.954. The largest absolute Gasteiger partial charge is 0.481 e. The fraction of sp³-hybridized carbons (Fsp3) is 0.405. The molecule has 274 valence electrons. The average Bonchev–Trinajstić information content (AvgIpc) is 3.68. The van der Waals surface area contributed by atoms with Crippen molar-refractivity contribution in [1.82, 2.24) is 5.32 Å². The first-order valence-electron chi connectivity index (χ1n) is 18.4. The highest BCUT2D eigenvalue weighted by Gasteiger charge is 2.31. The van der Waals surface area contributed by atoms with Gasteiger partial charge in [0.1, 0.15) is 28.6 Å². The van der Waals surface area contributed by atoms with Crippen molar-refractivity contribution in [2.24, 2.45) is 11.8 Å². The van der Waals surface area contributed by atoms with E-state index in [1.807, 2.05) is 19.1 Å². The van der Waals surface area contributed by atoms with Gasteiger partial charge in [-0.25, -0.2) is 8.78 Å². The molecule has 2 fully saturated rings. The zero-order valence-corrected chi connectivity index (χ0v) is 29.7. The molecule has 52 heavy (non-hydrogen) atoms. The van der Waals surface area contributed by atoms with Gasteiger partial charge in [0.25, 0.3) is 5.91 Å². The number of hydrogen-bond acceptors (Lipinski definition) is 6. The van der Waals surface area contributed by atoms with Crippen LogP contribution in [0.15, 0.2) is 69.5 Å². The van der Waals surface area contributed by atoms with Gasteiger partial charge < -0.3 is 24.6 Å². The molecule has 0 radical (unpaired) electrons. The Morgan fingerprint density at radius 2 is 1.35 bits per heavy atom. The summed E-state index contributed by atoms with van der Waals surface area (Å²) in [5, 5.41) is 15.9. The second-order valence-corrected chi connectivity index (χ2v) is 14.1. The third-order valence-electron chi connectivity index (χ3n) is 10.5. The number of carboxylic acids is 1. The Morgan fingerprint density at radius 1 is 0.769 bits per heavy atom. The number of rotatable bonds is 10. The molecule has 2 aliphatic rings. The van der Waals surface area contributed by atoms with E-state index in [9.17, 15) is 23.2 Å². The molecule has 0 spiro atoms. The zero-order chi connectivity index (χ0) is 36.8. The van der Waals surface area contributed by atoms with Crippen molar-refractivity contribution in [2.75, 3.05) is 11.9 Å². The van der Waals surface area contributed by atoms with Crippen LogP contribution in [0, 0.1) is 37.3 Å². The van der Waals surface area contributed by atoms with E-state index in [4.69, 9.17) is 13.9 Å². The molecule has 2 saturated carbocycles. The number of benzene rings is 3. The minimum Gasteiger partial charge on any atom is -0.481 e. The van der Waals surface area contributed by atoms with Gasteiger partial charge in [0.15, 0.2) is 5.76 Å². The molecular weight excluding hydrogens is 666 g/mol. The lowest BCUT2D eigenvalue weighted by molar-refractivity contribution is -0.136. The summed E-state index contributed by atoms with van der Waals surface area (Å²) in [5.41, 5.74) is 3.79. The van der Waals surface area contributed by atoms with Gasteiger partial charge in [-0.05, 0) is 94.0 Å². The minimum absolute atomic E-state index is 0.0489. The lowest BCUT2D eigenvalue weighted by Gasteiger charge is -2.31. The molecule has 0 aliphatic heterocycles. The van der Waals surface area contributed by atoms with E-state index in [1.165, 1.54) is 25.0 Å². The number of aliphatic carboxylic acids is 1. The second-order valence-electron chi connectivity index (χ2n) is 14.1. The molecule has 8 nitrogen and oxygen atoms in total. The summed E-state index contributed by atoms with van der Waals surface area (Å²) in [7, 11) is 0. The first kappa shape index (κ1) is 36.8. The smallest absolute Gasteiger partial charge is 0.305 e. The van der Waals surface area contributed by atoms with E-state index in [-0.39, 0.29) is 48.3 Å². The first-order valence-corrected chi connectivity index (χ1v) is 18.4. The normalized spacial score (nSPS) is 15.9. The molecule has 0 bridgehead atoms. The van der Waals surface area contributed by atoms with Gasteiger partial charge in [0.05, 0.1) is 23.2 Å². The van der Waals surface area contributed by atoms with Crippen LogP contribution >= 0.6 is 0 Å². The van der Waals surface area contributed by atoms with Gasteiger partial charge >= 0.3 is 5.97 Å². The topological polar surface area (TPSA) is 122 Å². The number of carbonyl (C=O) groups excluding carboxylic acids is 2. The van der Waals surface area contributed by atoms with Crippen molar-refractivity contribution in [3.63, 3.8) is 0 Å². The maximum absolute atomic E-state index is 14.5. The van der Waals surface area contributed by atoms with Crippen LogP contribution in [0.2, 0.25) is 0 Å². The monoisotopic (exact) mass is 712 g/mol. The third-order valence-corrected chi connectivity index (χ3v) is 10.5. The predicted octanol–water partition coefficient (Wildman–Crippen LogP) is 10.5. The van der Waals surface area contributed by atoms with Crippen molar-refractivity contribution in [2.45, 2.75) is 90.5 Å². The van der Waals surface area contributed by atoms with Gasteiger partial charge in [-0.1, -0.05) is 50.7 Å². The van der Waals surface area contributed by atoms with Crippen LogP contribution in [0.4, 0.5) is 14.5 Å². The number of amides is 1. The van der Waals surface area contributed by atoms with Crippen LogP contribution in [0.5, 0.6) is 0 Å². The zero-order valence-electron chi connectivity index (χ0n) is 29.7. The number of hydrogen-bond donors (Lipinski definition) is 3. The van der Waals surface area contributed by atoms with Gasteiger partial charge in [0.2, 0.25) is 5.78 Å². The van der Waals surface area contributed by atoms with Crippen molar-refractivity contribution in [3.05, 3.63) is 101 Å². The number of carbonyl (C=O) groups is 3. The quantitative estimate of drug-likeness (QED) is 0.123. The molecule has 5 aromatic rings. The molecule has 3 aromatic carbocycles. The lowest BCUT2D eigenvalue weighted by atomic mass is 9.82. The number of Topliss-reactive ketones (excluding diaryl/α,β-unsaturated/α-hetero) is 1. The van der Waals surface area contributed by atoms with E-state index < -0.39 is 5.97 Å². The van der Waals surface area contributed by atoms with E-state index in [1.54, 1.807) is 43.3 Å². The maximum Gasteiger partial charge on any atom is 0.305 e. The van der Waals surface area contributed by atoms with Crippen LogP contribution in [-0.4, -0.2) is 29.3 Å². The summed E-state index contributed by atoms with van der Waals surface area (Å²) < 4.78 is 40.1. The average molecular weight is 713 g/mol. The number of aryl methyl sites for hydroxylation is 2. The third kappa shape index (κ3) is 8.22. The summed E-state index contributed by atoms with van der Waals surface area (Å²) in [4.78, 5) is 35.3. The summed E-state index contributed by atoms with van der Waals surface area (Å²) in [6.07, 6.45) is 10.8. The molecule has 1 amide bonds. The van der Waals surface area contributed by atoms with Crippen molar-refractivity contribution in [1.29, 1.82) is 0 Å². The fourth-order valence-corrected chi connectivity index (χ4v) is 7.75. The van der Waals surface area contributed by atoms with Crippen molar-refractivity contribution < 1.29 is 37.1 Å². The summed E-state index contributed by atoms with van der Waals surface area (Å²) in [5.74, 6) is -0.282. The van der Waals surface area contributed by atoms with Crippen LogP contribution < -0.4 is 10.6 Å². The molecular formula is C42H46F2N2O6. The molecule has 10 heteroatoms. The predicted molar refractivity (Wildman–Crippen MR) is 197 cm³/mol. The van der Waals surface area contributed by atoms with Crippen LogP contribution in [-0.2, 0) is 4.79 Å². The Kier molecular flexibility index (Phi) is 11.7. The highest BCUT2D eigenvalue weighted by atomic mass is 19.1. The Labute approximate surface area is 302 Å². The van der Waals surface area contributed by atoms with E-state index >= 15 is 0 Å². The SMILES string of the molecule is Cc1c(C(=O)C2CCCCC2)oc2cccc(F)c12.Cc1c(C(Nc2ccc(C(=O)NCCC(=O)O)cc2)C2CCCCC2)oc2cccc(F)c12. The molecule has 2 aromatic heterocycles. The number of anilines is 1. The van der Waals surface area contributed by atoms with Gasteiger partial charge in [-0.15, -0.1) is 0 Å². The molecule has 2 aliphatic carbocycles. The lowest BCUT2D eigenvalue weighted by Crippen LogP contribution is -2.26. The summed E-state index contributed by atoms with van der Waals surface area (Å²) in [6.45, 7) is 3.76. The number of halogens is 2. The van der Waals surface area contributed by atoms with Crippen molar-refractivity contribution in [3.8, 4) is 0 Å². The maximum atomic E-state index is 14.5. The number of carboxylic acid groups (broad SMARTS) is 1. The molecule has 1 atom stereocenters. The molecule has 3 N–H and O–H groups in total. The highest BCUT2D eigenvalue weighted by molar-refractivity contribution is 6.01. The van der Waals surface area contributed by atoms with E-state index in [0.29, 0.717) is 44.7 Å². The molecule has 7 rings (SSSR count). The van der Waals surface area contributed by atoms with E-state index in [2.05, 4.69) is 10.6 Å². The number of furan rings is 2.